The van der Waals surface area contributed by atoms with E-state index in [1.807, 2.05) is 0 Å². The smallest absolute Gasteiger partial charge is 0.329 e. The summed E-state index contributed by atoms with van der Waals surface area (Å²) >= 11 is 0. The van der Waals surface area contributed by atoms with Crippen molar-refractivity contribution in [3.05, 3.63) is 45.1 Å². The number of hydrogen-bond acceptors (Lipinski definition) is 8. The number of anilines is 1. The number of aromatic nitrogens is 4. The van der Waals surface area contributed by atoms with Gasteiger partial charge in [-0.1, -0.05) is 0 Å². The normalized spacial score (nSPS) is 12.1. The number of benzene rings is 1. The molecule has 2 aromatic heterocycles. The zero-order valence-electron chi connectivity index (χ0n) is 16.8. The summed E-state index contributed by atoms with van der Waals surface area (Å²) in [6, 6.07) is 6.93. The molecule has 11 heteroatoms. The average Bonchev–Trinajstić information content (AvgIpc) is 3.10. The highest BCUT2D eigenvalue weighted by Gasteiger charge is 2.19. The number of methoxy groups -OCH3 is 1. The number of H-pyrrole nitrogens is 1. The number of imidazole rings is 1. The molecule has 162 valence electrons. The van der Waals surface area contributed by atoms with Crippen LogP contribution in [-0.2, 0) is 13.6 Å². The first-order chi connectivity index (χ1) is 14.4. The summed E-state index contributed by atoms with van der Waals surface area (Å²) in [4.78, 5) is 30.9. The molecule has 3 rings (SSSR count). The van der Waals surface area contributed by atoms with Gasteiger partial charge in [0.05, 0.1) is 13.7 Å². The Morgan fingerprint density at radius 1 is 1.23 bits per heavy atom. The van der Waals surface area contributed by atoms with Gasteiger partial charge in [0, 0.05) is 20.2 Å². The van der Waals surface area contributed by atoms with Crippen molar-refractivity contribution in [3.63, 3.8) is 0 Å². The third kappa shape index (κ3) is 4.63. The summed E-state index contributed by atoms with van der Waals surface area (Å²) in [6.07, 6.45) is -0.485. The minimum Gasteiger partial charge on any atom is -0.497 e. The molecule has 1 atom stereocenters. The molecule has 0 saturated heterocycles. The zero-order valence-corrected chi connectivity index (χ0v) is 16.8. The summed E-state index contributed by atoms with van der Waals surface area (Å²) in [7, 11) is 3.07. The highest BCUT2D eigenvalue weighted by Crippen LogP contribution is 2.19. The molecule has 0 fully saturated rings. The van der Waals surface area contributed by atoms with Crippen molar-refractivity contribution in [1.29, 1.82) is 0 Å². The van der Waals surface area contributed by atoms with Crippen LogP contribution in [0.2, 0.25) is 0 Å². The lowest BCUT2D eigenvalue weighted by Crippen LogP contribution is -2.31. The van der Waals surface area contributed by atoms with Crippen LogP contribution in [0.5, 0.6) is 11.5 Å². The summed E-state index contributed by atoms with van der Waals surface area (Å²) in [5, 5.41) is 22.5. The Morgan fingerprint density at radius 2 is 1.93 bits per heavy atom. The van der Waals surface area contributed by atoms with Gasteiger partial charge in [0.2, 0.25) is 5.95 Å². The number of aliphatic hydroxyl groups is 2. The fraction of sp³-hybridized carbons (Fsp3) is 0.421. The summed E-state index contributed by atoms with van der Waals surface area (Å²) in [5.41, 5.74) is -0.827. The monoisotopic (exact) mass is 419 g/mol. The third-order valence-electron chi connectivity index (χ3n) is 4.52. The van der Waals surface area contributed by atoms with Gasteiger partial charge >= 0.3 is 5.69 Å². The average molecular weight is 419 g/mol. The first-order valence-corrected chi connectivity index (χ1v) is 9.43. The predicted octanol–water partition coefficient (Wildman–Crippen LogP) is -0.334. The van der Waals surface area contributed by atoms with Gasteiger partial charge in [-0.2, -0.15) is 4.98 Å². The van der Waals surface area contributed by atoms with Crippen molar-refractivity contribution >= 4 is 17.1 Å². The van der Waals surface area contributed by atoms with Gasteiger partial charge in [-0.05, 0) is 30.7 Å². The van der Waals surface area contributed by atoms with Crippen LogP contribution >= 0.6 is 0 Å². The Balaban J connectivity index is 1.83. The maximum Gasteiger partial charge on any atom is 0.329 e. The second kappa shape index (κ2) is 9.46. The van der Waals surface area contributed by atoms with E-state index in [0.29, 0.717) is 30.4 Å². The molecule has 3 aromatic rings. The molecule has 11 nitrogen and oxygen atoms in total. The summed E-state index contributed by atoms with van der Waals surface area (Å²) in [5.74, 6) is 1.57. The lowest BCUT2D eigenvalue weighted by molar-refractivity contribution is 0.0938. The lowest BCUT2D eigenvalue weighted by atomic mass is 10.3. The van der Waals surface area contributed by atoms with Crippen LogP contribution in [0.25, 0.3) is 11.2 Å². The van der Waals surface area contributed by atoms with Crippen LogP contribution in [0.3, 0.4) is 0 Å². The quantitative estimate of drug-likeness (QED) is 0.327. The highest BCUT2D eigenvalue weighted by molar-refractivity contribution is 5.74. The molecule has 1 aromatic carbocycles. The Hall–Kier alpha value is -3.31. The first kappa shape index (κ1) is 21.4. The molecule has 0 aliphatic heterocycles. The molecule has 0 bridgehead atoms. The van der Waals surface area contributed by atoms with Gasteiger partial charge < -0.3 is 29.6 Å². The van der Waals surface area contributed by atoms with E-state index in [2.05, 4.69) is 15.3 Å². The summed E-state index contributed by atoms with van der Waals surface area (Å²) < 4.78 is 13.4. The van der Waals surface area contributed by atoms with E-state index in [-0.39, 0.29) is 30.9 Å². The van der Waals surface area contributed by atoms with Crippen LogP contribution < -0.4 is 26.0 Å². The second-order valence-corrected chi connectivity index (χ2v) is 6.68. The van der Waals surface area contributed by atoms with Crippen LogP contribution in [0, 0.1) is 0 Å². The Labute approximate surface area is 171 Å². The molecule has 0 aliphatic rings. The van der Waals surface area contributed by atoms with Crippen molar-refractivity contribution < 1.29 is 19.7 Å². The van der Waals surface area contributed by atoms with E-state index < -0.39 is 17.4 Å². The zero-order chi connectivity index (χ0) is 21.7. The van der Waals surface area contributed by atoms with Gasteiger partial charge in [-0.3, -0.25) is 14.3 Å². The largest absolute Gasteiger partial charge is 0.497 e. The summed E-state index contributed by atoms with van der Waals surface area (Å²) in [6.45, 7) is 0.385. The number of hydrogen-bond donors (Lipinski definition) is 4. The number of aliphatic hydroxyl groups excluding tert-OH is 2. The van der Waals surface area contributed by atoms with Crippen molar-refractivity contribution in [2.24, 2.45) is 7.05 Å². The number of aryl methyl sites for hydroxylation is 1. The number of nitrogens with zero attached hydrogens (tertiary/aromatic N) is 3. The standard InChI is InChI=1S/C19H25N5O6/c1-23-16-15(17(27)22-19(23)28)24(18(21-16)20-8-3-9-25)10-12(26)11-30-14-6-4-13(29-2)5-7-14/h4-7,12,25-26H,3,8-11H2,1-2H3,(H,20,21)(H,22,27,28). The minimum absolute atomic E-state index is 0.00930. The number of nitrogens with one attached hydrogen (secondary N) is 2. The van der Waals surface area contributed by atoms with Gasteiger partial charge in [-0.25, -0.2) is 4.79 Å². The fourth-order valence-corrected chi connectivity index (χ4v) is 2.95. The molecule has 0 radical (unpaired) electrons. The maximum absolute atomic E-state index is 12.4. The Bertz CT molecular complexity index is 1100. The van der Waals surface area contributed by atoms with Crippen LogP contribution in [0.15, 0.2) is 33.9 Å². The van der Waals surface area contributed by atoms with E-state index in [4.69, 9.17) is 14.6 Å². The van der Waals surface area contributed by atoms with Gasteiger partial charge in [0.15, 0.2) is 11.2 Å². The van der Waals surface area contributed by atoms with E-state index in [0.717, 1.165) is 0 Å². The molecule has 4 N–H and O–H groups in total. The maximum atomic E-state index is 12.4. The van der Waals surface area contributed by atoms with E-state index >= 15 is 0 Å². The highest BCUT2D eigenvalue weighted by atomic mass is 16.5. The molecule has 1 unspecified atom stereocenters. The lowest BCUT2D eigenvalue weighted by Gasteiger charge is -2.16. The number of rotatable bonds is 10. The van der Waals surface area contributed by atoms with Crippen molar-refractivity contribution in [2.75, 3.05) is 32.2 Å². The molecule has 30 heavy (non-hydrogen) atoms. The molecule has 0 saturated carbocycles. The topological polar surface area (TPSA) is 144 Å². The van der Waals surface area contributed by atoms with Gasteiger partial charge in [0.25, 0.3) is 5.56 Å². The molecular weight excluding hydrogens is 394 g/mol. The van der Waals surface area contributed by atoms with E-state index in [1.54, 1.807) is 31.4 Å². The van der Waals surface area contributed by atoms with Gasteiger partial charge in [-0.15, -0.1) is 0 Å². The van der Waals surface area contributed by atoms with Gasteiger partial charge in [0.1, 0.15) is 24.2 Å². The van der Waals surface area contributed by atoms with Crippen LogP contribution in [-0.4, -0.2) is 62.3 Å². The number of fused-ring (bicyclic) bond motifs is 1. The first-order valence-electron chi connectivity index (χ1n) is 9.43. The molecule has 0 amide bonds. The van der Waals surface area contributed by atoms with Crippen molar-refractivity contribution in [1.82, 2.24) is 19.1 Å². The third-order valence-corrected chi connectivity index (χ3v) is 4.52. The van der Waals surface area contributed by atoms with E-state index in [9.17, 15) is 14.7 Å². The number of ether oxygens (including phenoxy) is 2. The number of aromatic amines is 1. The fourth-order valence-electron chi connectivity index (χ4n) is 2.95. The van der Waals surface area contributed by atoms with Crippen molar-refractivity contribution in [3.8, 4) is 11.5 Å². The predicted molar refractivity (Wildman–Crippen MR) is 110 cm³/mol. The van der Waals surface area contributed by atoms with Crippen molar-refractivity contribution in [2.45, 2.75) is 19.1 Å². The molecular formula is C19H25N5O6. The minimum atomic E-state index is -0.959. The Kier molecular flexibility index (Phi) is 6.75. The molecule has 0 aliphatic carbocycles. The molecule has 0 spiro atoms. The SMILES string of the molecule is COc1ccc(OCC(O)Cn2c(NCCCO)nc3c2c(=O)[nH]c(=O)n3C)cc1. The van der Waals surface area contributed by atoms with Crippen LogP contribution in [0.4, 0.5) is 5.95 Å². The second-order valence-electron chi connectivity index (χ2n) is 6.68. The van der Waals surface area contributed by atoms with E-state index in [1.165, 1.54) is 16.2 Å². The Morgan fingerprint density at radius 3 is 2.60 bits per heavy atom. The molecule has 2 heterocycles. The van der Waals surface area contributed by atoms with Crippen LogP contribution in [0.1, 0.15) is 6.42 Å².